The number of aryl methyl sites for hydroxylation is 1. The van der Waals surface area contributed by atoms with E-state index in [1.54, 1.807) is 0 Å². The largest absolute Gasteiger partial charge is 0.328 e. The summed E-state index contributed by atoms with van der Waals surface area (Å²) in [4.78, 5) is 0. The van der Waals surface area contributed by atoms with E-state index in [2.05, 4.69) is 54.2 Å². The summed E-state index contributed by atoms with van der Waals surface area (Å²) in [6, 6.07) is 8.76. The Morgan fingerprint density at radius 2 is 1.94 bits per heavy atom. The van der Waals surface area contributed by atoms with Crippen molar-refractivity contribution in [2.75, 3.05) is 6.54 Å². The quantitative estimate of drug-likeness (QED) is 0.866. The molecular weight excluding hydrogens is 220 g/mol. The Hall–Kier alpha value is -1.28. The van der Waals surface area contributed by atoms with Gasteiger partial charge in [0.25, 0.3) is 0 Å². The Labute approximate surface area is 109 Å². The lowest BCUT2D eigenvalue weighted by molar-refractivity contribution is 0.234. The van der Waals surface area contributed by atoms with E-state index in [0.29, 0.717) is 0 Å². The van der Waals surface area contributed by atoms with Crippen LogP contribution in [-0.4, -0.2) is 11.1 Å². The van der Waals surface area contributed by atoms with Crippen LogP contribution in [0.15, 0.2) is 30.5 Å². The van der Waals surface area contributed by atoms with E-state index in [0.717, 1.165) is 6.54 Å². The van der Waals surface area contributed by atoms with E-state index in [1.165, 1.54) is 42.1 Å². The molecule has 0 atom stereocenters. The average Bonchev–Trinajstić information content (AvgIpc) is 2.97. The van der Waals surface area contributed by atoms with Gasteiger partial charge in [0.15, 0.2) is 0 Å². The molecule has 3 rings (SSSR count). The Morgan fingerprint density at radius 1 is 1.22 bits per heavy atom. The van der Waals surface area contributed by atoms with Crippen molar-refractivity contribution in [2.24, 2.45) is 0 Å². The van der Waals surface area contributed by atoms with Crippen molar-refractivity contribution in [3.63, 3.8) is 0 Å². The molecule has 96 valence electrons. The molecule has 0 bridgehead atoms. The number of fused-ring (bicyclic) bond motifs is 1. The molecule has 1 saturated carbocycles. The van der Waals surface area contributed by atoms with Crippen molar-refractivity contribution in [2.45, 2.75) is 45.2 Å². The molecule has 1 aliphatic rings. The molecule has 0 radical (unpaired) electrons. The van der Waals surface area contributed by atoms with Crippen LogP contribution in [0.3, 0.4) is 0 Å². The van der Waals surface area contributed by atoms with Crippen LogP contribution >= 0.6 is 0 Å². The van der Waals surface area contributed by atoms with Gasteiger partial charge < -0.3 is 4.57 Å². The molecule has 18 heavy (non-hydrogen) atoms. The van der Waals surface area contributed by atoms with Crippen LogP contribution in [0.4, 0.5) is 0 Å². The third kappa shape index (κ3) is 1.67. The summed E-state index contributed by atoms with van der Waals surface area (Å²) >= 11 is 0. The topological polar surface area (TPSA) is 17.0 Å². The highest BCUT2D eigenvalue weighted by Crippen LogP contribution is 2.37. The number of rotatable bonds is 3. The highest BCUT2D eigenvalue weighted by atomic mass is 15.2. The number of benzene rings is 1. The lowest BCUT2D eigenvalue weighted by atomic mass is 10.1. The predicted molar refractivity (Wildman–Crippen MR) is 76.8 cm³/mol. The molecule has 1 aliphatic carbocycles. The van der Waals surface area contributed by atoms with Crippen LogP contribution in [0, 0.1) is 6.92 Å². The fraction of sp³-hybridized carbons (Fsp3) is 0.500. The zero-order valence-corrected chi connectivity index (χ0v) is 11.4. The van der Waals surface area contributed by atoms with Crippen molar-refractivity contribution < 1.29 is 0 Å². The van der Waals surface area contributed by atoms with Gasteiger partial charge in [-0.15, -0.1) is 0 Å². The number of nitrogens with zero attached hydrogens (tertiary/aromatic N) is 1. The summed E-state index contributed by atoms with van der Waals surface area (Å²) in [6.45, 7) is 5.46. The number of hydrogen-bond donors (Lipinski definition) is 1. The summed E-state index contributed by atoms with van der Waals surface area (Å²) in [5.74, 6) is 0. The molecule has 0 amide bonds. The minimum atomic E-state index is 0.155. The summed E-state index contributed by atoms with van der Waals surface area (Å²) in [6.07, 6.45) is 7.49. The van der Waals surface area contributed by atoms with Crippen LogP contribution in [0.1, 0.15) is 38.2 Å². The lowest BCUT2D eigenvalue weighted by Crippen LogP contribution is -2.44. The Morgan fingerprint density at radius 3 is 2.67 bits per heavy atom. The maximum absolute atomic E-state index is 3.74. The number of para-hydroxylation sites is 1. The van der Waals surface area contributed by atoms with Gasteiger partial charge in [0.1, 0.15) is 0 Å². The van der Waals surface area contributed by atoms with Gasteiger partial charge in [0.2, 0.25) is 0 Å². The first-order valence-electron chi connectivity index (χ1n) is 7.09. The summed E-state index contributed by atoms with van der Waals surface area (Å²) in [5, 5.41) is 5.13. The highest BCUT2D eigenvalue weighted by molar-refractivity contribution is 5.84. The molecule has 1 N–H and O–H groups in total. The normalized spacial score (nSPS) is 18.6. The van der Waals surface area contributed by atoms with E-state index >= 15 is 0 Å². The molecule has 0 unspecified atom stereocenters. The van der Waals surface area contributed by atoms with Crippen LogP contribution in [0.2, 0.25) is 0 Å². The minimum Gasteiger partial charge on any atom is -0.328 e. The first kappa shape index (κ1) is 11.8. The molecule has 1 heterocycles. The first-order chi connectivity index (χ1) is 8.77. The Kier molecular flexibility index (Phi) is 2.90. The van der Waals surface area contributed by atoms with Crippen LogP contribution in [-0.2, 0) is 5.66 Å². The SMILES string of the molecule is CCNC1(n2cc(C)c3ccccc32)CCCC1. The van der Waals surface area contributed by atoms with E-state index < -0.39 is 0 Å². The van der Waals surface area contributed by atoms with Gasteiger partial charge in [-0.2, -0.15) is 0 Å². The number of aromatic nitrogens is 1. The Balaban J connectivity index is 2.18. The molecule has 1 aromatic carbocycles. The van der Waals surface area contributed by atoms with E-state index in [9.17, 15) is 0 Å². The van der Waals surface area contributed by atoms with E-state index in [1.807, 2.05) is 0 Å². The van der Waals surface area contributed by atoms with Crippen molar-refractivity contribution in [3.05, 3.63) is 36.0 Å². The van der Waals surface area contributed by atoms with E-state index in [4.69, 9.17) is 0 Å². The molecule has 1 fully saturated rings. The summed E-state index contributed by atoms with van der Waals surface area (Å²) in [5.41, 5.74) is 2.91. The molecule has 1 aromatic heterocycles. The summed E-state index contributed by atoms with van der Waals surface area (Å²) in [7, 11) is 0. The molecule has 0 saturated heterocycles. The first-order valence-corrected chi connectivity index (χ1v) is 7.09. The van der Waals surface area contributed by atoms with Crippen LogP contribution in [0.25, 0.3) is 10.9 Å². The fourth-order valence-electron chi connectivity index (χ4n) is 3.50. The van der Waals surface area contributed by atoms with Crippen molar-refractivity contribution in [1.29, 1.82) is 0 Å². The van der Waals surface area contributed by atoms with E-state index in [-0.39, 0.29) is 5.66 Å². The summed E-state index contributed by atoms with van der Waals surface area (Å²) < 4.78 is 2.49. The third-order valence-corrected chi connectivity index (χ3v) is 4.31. The van der Waals surface area contributed by atoms with Crippen molar-refractivity contribution >= 4 is 10.9 Å². The van der Waals surface area contributed by atoms with Gasteiger partial charge in [-0.05, 0) is 50.8 Å². The number of nitrogens with one attached hydrogen (secondary N) is 1. The zero-order valence-electron chi connectivity index (χ0n) is 11.4. The van der Waals surface area contributed by atoms with Crippen molar-refractivity contribution in [1.82, 2.24) is 9.88 Å². The van der Waals surface area contributed by atoms with Gasteiger partial charge in [0, 0.05) is 17.1 Å². The maximum Gasteiger partial charge on any atom is 0.0951 e. The molecule has 0 aliphatic heterocycles. The molecular formula is C16H22N2. The molecule has 2 heteroatoms. The lowest BCUT2D eigenvalue weighted by Gasteiger charge is -2.33. The standard InChI is InChI=1S/C16H22N2/c1-3-17-16(10-6-7-11-16)18-12-13(2)14-8-4-5-9-15(14)18/h4-5,8-9,12,17H,3,6-7,10-11H2,1-2H3. The minimum absolute atomic E-state index is 0.155. The Bertz CT molecular complexity index is 547. The van der Waals surface area contributed by atoms with Gasteiger partial charge in [-0.3, -0.25) is 5.32 Å². The fourth-order valence-corrected chi connectivity index (χ4v) is 3.50. The molecule has 0 spiro atoms. The monoisotopic (exact) mass is 242 g/mol. The van der Waals surface area contributed by atoms with Crippen LogP contribution < -0.4 is 5.32 Å². The van der Waals surface area contributed by atoms with Gasteiger partial charge in [-0.25, -0.2) is 0 Å². The second kappa shape index (κ2) is 4.43. The number of hydrogen-bond acceptors (Lipinski definition) is 1. The molecule has 2 aromatic rings. The van der Waals surface area contributed by atoms with Crippen LogP contribution in [0.5, 0.6) is 0 Å². The maximum atomic E-state index is 3.74. The predicted octanol–water partition coefficient (Wildman–Crippen LogP) is 3.79. The molecule has 2 nitrogen and oxygen atoms in total. The van der Waals surface area contributed by atoms with Gasteiger partial charge >= 0.3 is 0 Å². The third-order valence-electron chi connectivity index (χ3n) is 4.31. The zero-order chi connectivity index (χ0) is 12.6. The second-order valence-corrected chi connectivity index (χ2v) is 5.47. The van der Waals surface area contributed by atoms with Crippen molar-refractivity contribution in [3.8, 4) is 0 Å². The highest BCUT2D eigenvalue weighted by Gasteiger charge is 2.35. The second-order valence-electron chi connectivity index (χ2n) is 5.47. The van der Waals surface area contributed by atoms with Gasteiger partial charge in [-0.1, -0.05) is 25.1 Å². The average molecular weight is 242 g/mol. The smallest absolute Gasteiger partial charge is 0.0951 e. The van der Waals surface area contributed by atoms with Gasteiger partial charge in [0.05, 0.1) is 5.66 Å².